The number of furan rings is 1. The van der Waals surface area contributed by atoms with E-state index >= 15 is 0 Å². The van der Waals surface area contributed by atoms with Crippen molar-refractivity contribution in [3.8, 4) is 0 Å². The van der Waals surface area contributed by atoms with Gasteiger partial charge >= 0.3 is 0 Å². The van der Waals surface area contributed by atoms with Crippen molar-refractivity contribution in [1.82, 2.24) is 5.32 Å². The van der Waals surface area contributed by atoms with Crippen LogP contribution in [0.4, 0.5) is 0 Å². The van der Waals surface area contributed by atoms with Crippen LogP contribution in [-0.2, 0) is 0 Å². The molecule has 2 nitrogen and oxygen atoms in total. The lowest BCUT2D eigenvalue weighted by Crippen LogP contribution is -2.21. The zero-order chi connectivity index (χ0) is 14.8. The largest absolute Gasteiger partial charge is 0.464 e. The van der Waals surface area contributed by atoms with Crippen molar-refractivity contribution in [2.45, 2.75) is 19.9 Å². The quantitative estimate of drug-likeness (QED) is 0.725. The molecule has 3 aromatic rings. The van der Waals surface area contributed by atoms with Crippen molar-refractivity contribution >= 4 is 22.4 Å². The van der Waals surface area contributed by atoms with Crippen molar-refractivity contribution in [2.24, 2.45) is 0 Å². The zero-order valence-corrected chi connectivity index (χ0v) is 12.9. The van der Waals surface area contributed by atoms with Crippen molar-refractivity contribution < 1.29 is 4.42 Å². The summed E-state index contributed by atoms with van der Waals surface area (Å²) in [5.41, 5.74) is 1.19. The SMILES string of the molecule is CCNC(c1ccc(C)o1)c1ccc(Cl)c2ccccc12. The molecule has 108 valence electrons. The molecule has 0 aliphatic heterocycles. The molecule has 1 atom stereocenters. The number of hydrogen-bond acceptors (Lipinski definition) is 2. The number of fused-ring (bicyclic) bond motifs is 1. The summed E-state index contributed by atoms with van der Waals surface area (Å²) in [6.07, 6.45) is 0. The molecule has 0 aliphatic carbocycles. The second kappa shape index (κ2) is 5.92. The van der Waals surface area contributed by atoms with Crippen molar-refractivity contribution in [3.05, 3.63) is 70.6 Å². The Labute approximate surface area is 129 Å². The van der Waals surface area contributed by atoms with Gasteiger partial charge in [-0.15, -0.1) is 0 Å². The standard InChI is InChI=1S/C18H18ClNO/c1-3-20-18(17-11-8-12(2)21-17)15-9-10-16(19)14-7-5-4-6-13(14)15/h4-11,18,20H,3H2,1-2H3. The maximum Gasteiger partial charge on any atom is 0.125 e. The summed E-state index contributed by atoms with van der Waals surface area (Å²) in [6.45, 7) is 4.93. The predicted octanol–water partition coefficient (Wildman–Crippen LogP) is 5.09. The van der Waals surface area contributed by atoms with Gasteiger partial charge in [0.15, 0.2) is 0 Å². The molecule has 2 aromatic carbocycles. The monoisotopic (exact) mass is 299 g/mol. The molecule has 21 heavy (non-hydrogen) atoms. The Hall–Kier alpha value is -1.77. The van der Waals surface area contributed by atoms with Gasteiger partial charge in [-0.3, -0.25) is 0 Å². The van der Waals surface area contributed by atoms with Gasteiger partial charge in [-0.25, -0.2) is 0 Å². The van der Waals surface area contributed by atoms with Crippen LogP contribution < -0.4 is 5.32 Å². The van der Waals surface area contributed by atoms with Crippen LogP contribution in [0.15, 0.2) is 52.9 Å². The van der Waals surface area contributed by atoms with E-state index in [4.69, 9.17) is 16.0 Å². The minimum Gasteiger partial charge on any atom is -0.464 e. The van der Waals surface area contributed by atoms with Gasteiger partial charge < -0.3 is 9.73 Å². The summed E-state index contributed by atoms with van der Waals surface area (Å²) in [6, 6.07) is 16.3. The Morgan fingerprint density at radius 3 is 2.48 bits per heavy atom. The lowest BCUT2D eigenvalue weighted by atomic mass is 9.97. The fourth-order valence-electron chi connectivity index (χ4n) is 2.71. The molecule has 0 aliphatic rings. The van der Waals surface area contributed by atoms with Gasteiger partial charge in [0.1, 0.15) is 11.5 Å². The second-order valence-electron chi connectivity index (χ2n) is 5.12. The molecular formula is C18H18ClNO. The third-order valence-electron chi connectivity index (χ3n) is 3.67. The van der Waals surface area contributed by atoms with Crippen LogP contribution in [-0.4, -0.2) is 6.54 Å². The zero-order valence-electron chi connectivity index (χ0n) is 12.2. The molecular weight excluding hydrogens is 282 g/mol. The molecule has 3 rings (SSSR count). The molecule has 3 heteroatoms. The Kier molecular flexibility index (Phi) is 4.00. The highest BCUT2D eigenvalue weighted by Gasteiger charge is 2.19. The molecule has 0 saturated carbocycles. The van der Waals surface area contributed by atoms with Crippen LogP contribution in [0.3, 0.4) is 0 Å². The molecule has 1 N–H and O–H groups in total. The Morgan fingerprint density at radius 2 is 1.81 bits per heavy atom. The van der Waals surface area contributed by atoms with E-state index in [0.29, 0.717) is 0 Å². The molecule has 1 aromatic heterocycles. The second-order valence-corrected chi connectivity index (χ2v) is 5.53. The number of hydrogen-bond donors (Lipinski definition) is 1. The molecule has 0 spiro atoms. The maximum atomic E-state index is 6.32. The molecule has 0 amide bonds. The first-order chi connectivity index (χ1) is 10.2. The summed E-state index contributed by atoms with van der Waals surface area (Å²) < 4.78 is 5.84. The molecule has 0 radical (unpaired) electrons. The van der Waals surface area contributed by atoms with Gasteiger partial charge in [0.05, 0.1) is 6.04 Å². The van der Waals surface area contributed by atoms with E-state index in [1.165, 1.54) is 5.56 Å². The predicted molar refractivity (Wildman–Crippen MR) is 87.9 cm³/mol. The fraction of sp³-hybridized carbons (Fsp3) is 0.222. The summed E-state index contributed by atoms with van der Waals surface area (Å²) in [5.74, 6) is 1.85. The first-order valence-corrected chi connectivity index (χ1v) is 7.55. The Balaban J connectivity index is 2.18. The maximum absolute atomic E-state index is 6.32. The lowest BCUT2D eigenvalue weighted by molar-refractivity contribution is 0.436. The third kappa shape index (κ3) is 2.69. The van der Waals surface area contributed by atoms with E-state index in [9.17, 15) is 0 Å². The van der Waals surface area contributed by atoms with Gasteiger partial charge in [-0.2, -0.15) is 0 Å². The number of benzene rings is 2. The molecule has 0 saturated heterocycles. The number of rotatable bonds is 4. The van der Waals surface area contributed by atoms with E-state index in [-0.39, 0.29) is 6.04 Å². The van der Waals surface area contributed by atoms with Gasteiger partial charge in [-0.1, -0.05) is 48.9 Å². The Morgan fingerprint density at radius 1 is 1.05 bits per heavy atom. The first-order valence-electron chi connectivity index (χ1n) is 7.17. The van der Waals surface area contributed by atoms with E-state index < -0.39 is 0 Å². The number of halogens is 1. The van der Waals surface area contributed by atoms with Gasteiger partial charge in [0, 0.05) is 10.4 Å². The van der Waals surface area contributed by atoms with Crippen LogP contribution in [0.5, 0.6) is 0 Å². The third-order valence-corrected chi connectivity index (χ3v) is 4.00. The van der Waals surface area contributed by atoms with Gasteiger partial charge in [-0.05, 0) is 42.6 Å². The molecule has 0 fully saturated rings. The summed E-state index contributed by atoms with van der Waals surface area (Å²) in [5, 5.41) is 6.51. The summed E-state index contributed by atoms with van der Waals surface area (Å²) >= 11 is 6.32. The minimum absolute atomic E-state index is 0.0332. The van der Waals surface area contributed by atoms with E-state index in [2.05, 4.69) is 30.4 Å². The van der Waals surface area contributed by atoms with Crippen molar-refractivity contribution in [1.29, 1.82) is 0 Å². The van der Waals surface area contributed by atoms with Crippen LogP contribution in [0, 0.1) is 6.92 Å². The highest BCUT2D eigenvalue weighted by atomic mass is 35.5. The van der Waals surface area contributed by atoms with Crippen LogP contribution in [0.1, 0.15) is 30.0 Å². The van der Waals surface area contributed by atoms with E-state index in [1.807, 2.05) is 37.3 Å². The van der Waals surface area contributed by atoms with Gasteiger partial charge in [0.2, 0.25) is 0 Å². The Bertz CT molecular complexity index is 763. The lowest BCUT2D eigenvalue weighted by Gasteiger charge is -2.18. The number of nitrogens with one attached hydrogen (secondary N) is 1. The average Bonchev–Trinajstić information content (AvgIpc) is 2.92. The van der Waals surface area contributed by atoms with Gasteiger partial charge in [0.25, 0.3) is 0 Å². The van der Waals surface area contributed by atoms with Crippen molar-refractivity contribution in [3.63, 3.8) is 0 Å². The topological polar surface area (TPSA) is 25.2 Å². The minimum atomic E-state index is 0.0332. The molecule has 1 unspecified atom stereocenters. The first kappa shape index (κ1) is 14.2. The van der Waals surface area contributed by atoms with E-state index in [0.717, 1.165) is 33.9 Å². The van der Waals surface area contributed by atoms with Crippen LogP contribution >= 0.6 is 11.6 Å². The molecule has 0 bridgehead atoms. The smallest absolute Gasteiger partial charge is 0.125 e. The highest BCUT2D eigenvalue weighted by Crippen LogP contribution is 2.33. The summed E-state index contributed by atoms with van der Waals surface area (Å²) in [4.78, 5) is 0. The van der Waals surface area contributed by atoms with E-state index in [1.54, 1.807) is 0 Å². The van der Waals surface area contributed by atoms with Crippen LogP contribution in [0.2, 0.25) is 5.02 Å². The molecule has 1 heterocycles. The summed E-state index contributed by atoms with van der Waals surface area (Å²) in [7, 11) is 0. The number of aryl methyl sites for hydroxylation is 1. The van der Waals surface area contributed by atoms with Crippen molar-refractivity contribution in [2.75, 3.05) is 6.54 Å². The van der Waals surface area contributed by atoms with Crippen LogP contribution in [0.25, 0.3) is 10.8 Å². The average molecular weight is 300 g/mol. The normalized spacial score (nSPS) is 12.7. The fourth-order valence-corrected chi connectivity index (χ4v) is 2.94. The highest BCUT2D eigenvalue weighted by molar-refractivity contribution is 6.35.